The molecule has 2 atom stereocenters. The Balaban J connectivity index is 1.53. The minimum absolute atomic E-state index is 0.0886. The topological polar surface area (TPSA) is 100 Å². The third-order valence-corrected chi connectivity index (χ3v) is 3.67. The summed E-state index contributed by atoms with van der Waals surface area (Å²) in [6.07, 6.45) is 3.12. The highest BCUT2D eigenvalue weighted by molar-refractivity contribution is 5.75. The van der Waals surface area contributed by atoms with E-state index in [0.29, 0.717) is 37.7 Å². The van der Waals surface area contributed by atoms with E-state index in [1.54, 1.807) is 24.3 Å². The average molecular weight is 339 g/mol. The van der Waals surface area contributed by atoms with Gasteiger partial charge < -0.3 is 29.8 Å². The molecule has 0 spiro atoms. The fraction of sp³-hybridized carbons (Fsp3) is 0.588. The molecule has 2 unspecified atom stereocenters. The fourth-order valence-corrected chi connectivity index (χ4v) is 2.32. The van der Waals surface area contributed by atoms with Crippen molar-refractivity contribution in [3.63, 3.8) is 0 Å². The first kappa shape index (κ1) is 18.7. The Kier molecular flexibility index (Phi) is 7.97. The van der Waals surface area contributed by atoms with Crippen molar-refractivity contribution in [2.24, 2.45) is 5.73 Å². The summed E-state index contributed by atoms with van der Waals surface area (Å²) in [5, 5.41) is 8.84. The van der Waals surface area contributed by atoms with Crippen molar-refractivity contribution < 1.29 is 28.8 Å². The standard InChI is InChI=1S/C17H25NO6/c18-16(17(19)20)13-4-6-14(7-5-13)22-11-9-21-10-12-24-15-3-1-2-8-23-15/h4-7,15-16H,1-3,8-12,18H2,(H,19,20). The summed E-state index contributed by atoms with van der Waals surface area (Å²) < 4.78 is 22.0. The monoisotopic (exact) mass is 339 g/mol. The van der Waals surface area contributed by atoms with Crippen LogP contribution in [0.4, 0.5) is 0 Å². The second kappa shape index (κ2) is 10.2. The van der Waals surface area contributed by atoms with E-state index in [9.17, 15) is 4.79 Å². The molecule has 0 radical (unpaired) electrons. The number of carboxylic acids is 1. The van der Waals surface area contributed by atoms with Crippen molar-refractivity contribution in [3.05, 3.63) is 29.8 Å². The van der Waals surface area contributed by atoms with E-state index in [2.05, 4.69) is 0 Å². The van der Waals surface area contributed by atoms with Crippen molar-refractivity contribution in [1.29, 1.82) is 0 Å². The lowest BCUT2D eigenvalue weighted by atomic mass is 10.1. The van der Waals surface area contributed by atoms with Gasteiger partial charge in [-0.05, 0) is 37.0 Å². The molecule has 2 rings (SSSR count). The maximum absolute atomic E-state index is 10.8. The third kappa shape index (κ3) is 6.45. The van der Waals surface area contributed by atoms with E-state index in [1.165, 1.54) is 0 Å². The number of carboxylic acid groups (broad SMARTS) is 1. The van der Waals surface area contributed by atoms with Crippen LogP contribution in [0.2, 0.25) is 0 Å². The predicted octanol–water partition coefficient (Wildman–Crippen LogP) is 1.71. The minimum atomic E-state index is -1.06. The molecule has 1 aromatic carbocycles. The molecule has 0 aliphatic carbocycles. The van der Waals surface area contributed by atoms with Gasteiger partial charge in [0, 0.05) is 6.61 Å². The zero-order valence-electron chi connectivity index (χ0n) is 13.7. The largest absolute Gasteiger partial charge is 0.491 e. The van der Waals surface area contributed by atoms with E-state index in [1.807, 2.05) is 0 Å². The number of ether oxygens (including phenoxy) is 4. The van der Waals surface area contributed by atoms with Gasteiger partial charge >= 0.3 is 5.97 Å². The normalized spacial score (nSPS) is 19.0. The Morgan fingerprint density at radius 3 is 2.62 bits per heavy atom. The highest BCUT2D eigenvalue weighted by atomic mass is 16.7. The van der Waals surface area contributed by atoms with Crippen LogP contribution in [0.25, 0.3) is 0 Å². The maximum Gasteiger partial charge on any atom is 0.325 e. The first-order chi connectivity index (χ1) is 11.7. The van der Waals surface area contributed by atoms with Crippen LogP contribution >= 0.6 is 0 Å². The Bertz CT molecular complexity index is 486. The van der Waals surface area contributed by atoms with Gasteiger partial charge in [-0.3, -0.25) is 4.79 Å². The number of carbonyl (C=O) groups is 1. The number of hydrogen-bond donors (Lipinski definition) is 2. The number of aliphatic carboxylic acids is 1. The molecule has 0 bridgehead atoms. The van der Waals surface area contributed by atoms with Crippen LogP contribution in [0.15, 0.2) is 24.3 Å². The molecule has 1 heterocycles. The molecule has 3 N–H and O–H groups in total. The second-order valence-electron chi connectivity index (χ2n) is 5.51. The van der Waals surface area contributed by atoms with E-state index in [-0.39, 0.29) is 6.29 Å². The summed E-state index contributed by atoms with van der Waals surface area (Å²) in [7, 11) is 0. The SMILES string of the molecule is NC(C(=O)O)c1ccc(OCCOCCOC2CCCCO2)cc1. The molecule has 7 heteroatoms. The molecule has 1 fully saturated rings. The summed E-state index contributed by atoms with van der Waals surface area (Å²) in [5.41, 5.74) is 6.06. The van der Waals surface area contributed by atoms with Crippen molar-refractivity contribution in [1.82, 2.24) is 0 Å². The quantitative estimate of drug-likeness (QED) is 0.626. The van der Waals surface area contributed by atoms with Crippen molar-refractivity contribution in [3.8, 4) is 5.75 Å². The van der Waals surface area contributed by atoms with Gasteiger partial charge in [0.15, 0.2) is 6.29 Å². The lowest BCUT2D eigenvalue weighted by molar-refractivity contribution is -0.169. The van der Waals surface area contributed by atoms with Crippen LogP contribution in [-0.2, 0) is 19.0 Å². The Hall–Kier alpha value is -1.67. The van der Waals surface area contributed by atoms with Crippen LogP contribution in [-0.4, -0.2) is 50.4 Å². The lowest BCUT2D eigenvalue weighted by Crippen LogP contribution is -2.24. The summed E-state index contributed by atoms with van der Waals surface area (Å²) in [5.74, 6) is -0.412. The van der Waals surface area contributed by atoms with Gasteiger partial charge in [0.05, 0.1) is 19.8 Å². The zero-order chi connectivity index (χ0) is 17.2. The molecule has 0 saturated carbocycles. The van der Waals surface area contributed by atoms with Crippen LogP contribution in [0.3, 0.4) is 0 Å². The highest BCUT2D eigenvalue weighted by Crippen LogP contribution is 2.16. The Morgan fingerprint density at radius 1 is 1.21 bits per heavy atom. The van der Waals surface area contributed by atoms with Gasteiger partial charge in [-0.25, -0.2) is 0 Å². The maximum atomic E-state index is 10.8. The molecule has 1 saturated heterocycles. The van der Waals surface area contributed by atoms with Gasteiger partial charge in [-0.15, -0.1) is 0 Å². The Morgan fingerprint density at radius 2 is 1.96 bits per heavy atom. The first-order valence-corrected chi connectivity index (χ1v) is 8.19. The van der Waals surface area contributed by atoms with Gasteiger partial charge in [0.25, 0.3) is 0 Å². The predicted molar refractivity (Wildman–Crippen MR) is 86.9 cm³/mol. The average Bonchev–Trinajstić information content (AvgIpc) is 2.61. The van der Waals surface area contributed by atoms with E-state index < -0.39 is 12.0 Å². The Labute approximate surface area is 141 Å². The fourth-order valence-electron chi connectivity index (χ4n) is 2.32. The summed E-state index contributed by atoms with van der Waals surface area (Å²) in [6, 6.07) is 5.67. The van der Waals surface area contributed by atoms with E-state index in [4.69, 9.17) is 29.8 Å². The lowest BCUT2D eigenvalue weighted by Gasteiger charge is -2.22. The molecule has 1 aliphatic rings. The molecule has 134 valence electrons. The molecular weight excluding hydrogens is 314 g/mol. The summed E-state index contributed by atoms with van der Waals surface area (Å²) >= 11 is 0. The number of rotatable bonds is 10. The second-order valence-corrected chi connectivity index (χ2v) is 5.51. The summed E-state index contributed by atoms with van der Waals surface area (Å²) in [4.78, 5) is 10.8. The third-order valence-electron chi connectivity index (χ3n) is 3.67. The highest BCUT2D eigenvalue weighted by Gasteiger charge is 2.14. The van der Waals surface area contributed by atoms with Crippen molar-refractivity contribution >= 4 is 5.97 Å². The van der Waals surface area contributed by atoms with Gasteiger partial charge in [-0.1, -0.05) is 12.1 Å². The van der Waals surface area contributed by atoms with Crippen LogP contribution in [0.1, 0.15) is 30.9 Å². The molecule has 24 heavy (non-hydrogen) atoms. The molecule has 0 aromatic heterocycles. The minimum Gasteiger partial charge on any atom is -0.491 e. The molecule has 1 aromatic rings. The van der Waals surface area contributed by atoms with Crippen LogP contribution in [0.5, 0.6) is 5.75 Å². The summed E-state index contributed by atoms with van der Waals surface area (Å²) in [6.45, 7) is 2.63. The molecule has 7 nitrogen and oxygen atoms in total. The van der Waals surface area contributed by atoms with Crippen molar-refractivity contribution in [2.45, 2.75) is 31.6 Å². The number of benzene rings is 1. The molecule has 0 amide bonds. The molecular formula is C17H25NO6. The zero-order valence-corrected chi connectivity index (χ0v) is 13.7. The molecule has 1 aliphatic heterocycles. The van der Waals surface area contributed by atoms with Gasteiger partial charge in [0.1, 0.15) is 18.4 Å². The van der Waals surface area contributed by atoms with E-state index in [0.717, 1.165) is 25.9 Å². The van der Waals surface area contributed by atoms with Crippen LogP contribution in [0, 0.1) is 0 Å². The number of nitrogens with two attached hydrogens (primary N) is 1. The smallest absolute Gasteiger partial charge is 0.325 e. The van der Waals surface area contributed by atoms with Crippen LogP contribution < -0.4 is 10.5 Å². The van der Waals surface area contributed by atoms with Gasteiger partial charge in [-0.2, -0.15) is 0 Å². The van der Waals surface area contributed by atoms with E-state index >= 15 is 0 Å². The number of hydrogen-bond acceptors (Lipinski definition) is 6. The van der Waals surface area contributed by atoms with Crippen molar-refractivity contribution in [2.75, 3.05) is 33.0 Å². The van der Waals surface area contributed by atoms with Gasteiger partial charge in [0.2, 0.25) is 0 Å². The first-order valence-electron chi connectivity index (χ1n) is 8.19.